The molecule has 1 aliphatic heterocycles. The number of carbonyl (C=O) groups excluding carboxylic acids is 1. The zero-order valence-corrected chi connectivity index (χ0v) is 19.3. The molecule has 0 aliphatic carbocycles. The molecular weight excluding hydrogens is 474 g/mol. The van der Waals surface area contributed by atoms with E-state index in [1.165, 1.54) is 24.3 Å². The maximum Gasteiger partial charge on any atom is 0.322 e. The Bertz CT molecular complexity index is 1420. The van der Waals surface area contributed by atoms with Crippen LogP contribution >= 0.6 is 11.6 Å². The number of hydrogen-bond acceptors (Lipinski definition) is 4. The van der Waals surface area contributed by atoms with Crippen LogP contribution < -0.4 is 5.32 Å². The molecule has 0 radical (unpaired) electrons. The van der Waals surface area contributed by atoms with Crippen LogP contribution in [0.25, 0.3) is 17.0 Å². The van der Waals surface area contributed by atoms with Crippen molar-refractivity contribution in [3.8, 4) is 11.4 Å². The number of halogens is 3. The standard InChI is InChI=1S/C26H19ClF2N4O2/c1-15-22(25-31-24(32-35-25)18-3-2-4-21(29)13-18)23(17-7-11-20(28)12-8-17)30-26(34)33(15)14-16-5-9-19(27)10-6-16/h2-13,23H,14H2,1H3,(H,30,34). The van der Waals surface area contributed by atoms with Crippen molar-refractivity contribution in [2.24, 2.45) is 0 Å². The molecule has 9 heteroatoms. The first-order valence-corrected chi connectivity index (χ1v) is 11.2. The van der Waals surface area contributed by atoms with Gasteiger partial charge in [-0.15, -0.1) is 0 Å². The van der Waals surface area contributed by atoms with E-state index >= 15 is 0 Å². The number of nitrogens with zero attached hydrogens (tertiary/aromatic N) is 3. The Labute approximate surface area is 204 Å². The Kier molecular flexibility index (Phi) is 6.05. The summed E-state index contributed by atoms with van der Waals surface area (Å²) in [7, 11) is 0. The second-order valence-corrected chi connectivity index (χ2v) is 8.52. The predicted octanol–water partition coefficient (Wildman–Crippen LogP) is 6.37. The molecule has 6 nitrogen and oxygen atoms in total. The monoisotopic (exact) mass is 492 g/mol. The highest BCUT2D eigenvalue weighted by atomic mass is 35.5. The van der Waals surface area contributed by atoms with Crippen LogP contribution in [0.4, 0.5) is 13.6 Å². The van der Waals surface area contributed by atoms with Crippen molar-refractivity contribution in [2.45, 2.75) is 19.5 Å². The average Bonchev–Trinajstić information content (AvgIpc) is 3.33. The maximum atomic E-state index is 13.7. The molecule has 1 N–H and O–H groups in total. The summed E-state index contributed by atoms with van der Waals surface area (Å²) in [4.78, 5) is 19.2. The van der Waals surface area contributed by atoms with Crippen molar-refractivity contribution in [1.29, 1.82) is 0 Å². The van der Waals surface area contributed by atoms with Crippen LogP contribution in [0.3, 0.4) is 0 Å². The fraction of sp³-hybridized carbons (Fsp3) is 0.115. The van der Waals surface area contributed by atoms with Gasteiger partial charge in [0.05, 0.1) is 18.2 Å². The molecule has 1 aromatic heterocycles. The van der Waals surface area contributed by atoms with Crippen molar-refractivity contribution >= 4 is 23.2 Å². The van der Waals surface area contributed by atoms with Crippen LogP contribution in [0.5, 0.6) is 0 Å². The Morgan fingerprint density at radius 1 is 1.03 bits per heavy atom. The lowest BCUT2D eigenvalue weighted by Crippen LogP contribution is -2.45. The number of rotatable bonds is 5. The average molecular weight is 493 g/mol. The lowest BCUT2D eigenvalue weighted by Gasteiger charge is -2.35. The zero-order valence-electron chi connectivity index (χ0n) is 18.5. The molecule has 35 heavy (non-hydrogen) atoms. The van der Waals surface area contributed by atoms with Gasteiger partial charge < -0.3 is 9.84 Å². The summed E-state index contributed by atoms with van der Waals surface area (Å²) in [5.41, 5.74) is 3.11. The number of nitrogens with one attached hydrogen (secondary N) is 1. The summed E-state index contributed by atoms with van der Waals surface area (Å²) in [6.45, 7) is 2.06. The molecule has 1 aliphatic rings. The van der Waals surface area contributed by atoms with Gasteiger partial charge in [-0.3, -0.25) is 4.90 Å². The fourth-order valence-corrected chi connectivity index (χ4v) is 4.13. The second kappa shape index (κ2) is 9.31. The molecule has 0 fully saturated rings. The summed E-state index contributed by atoms with van der Waals surface area (Å²) >= 11 is 6.00. The van der Waals surface area contributed by atoms with Crippen molar-refractivity contribution in [3.05, 3.63) is 112 Å². The van der Waals surface area contributed by atoms with Crippen molar-refractivity contribution in [3.63, 3.8) is 0 Å². The number of amides is 2. The van der Waals surface area contributed by atoms with Crippen molar-refractivity contribution < 1.29 is 18.1 Å². The molecule has 0 bridgehead atoms. The summed E-state index contributed by atoms with van der Waals surface area (Å²) in [6, 6.07) is 17.9. The summed E-state index contributed by atoms with van der Waals surface area (Å²) in [5, 5.41) is 7.58. The third-order valence-corrected chi connectivity index (χ3v) is 6.04. The smallest absolute Gasteiger partial charge is 0.322 e. The minimum Gasteiger partial charge on any atom is -0.334 e. The molecule has 5 rings (SSSR count). The first-order valence-electron chi connectivity index (χ1n) is 10.8. The van der Waals surface area contributed by atoms with Crippen molar-refractivity contribution in [2.75, 3.05) is 0 Å². The Morgan fingerprint density at radius 3 is 2.49 bits per heavy atom. The number of benzene rings is 3. The Balaban J connectivity index is 1.59. The summed E-state index contributed by atoms with van der Waals surface area (Å²) < 4.78 is 32.9. The molecule has 0 spiro atoms. The van der Waals surface area contributed by atoms with Crippen molar-refractivity contribution in [1.82, 2.24) is 20.4 Å². The lowest BCUT2D eigenvalue weighted by atomic mass is 9.94. The van der Waals surface area contributed by atoms with Gasteiger partial charge in [0.25, 0.3) is 5.89 Å². The normalized spacial score (nSPS) is 15.9. The van der Waals surface area contributed by atoms with Gasteiger partial charge in [-0.25, -0.2) is 13.6 Å². The van der Waals surface area contributed by atoms with E-state index in [-0.39, 0.29) is 24.3 Å². The molecule has 0 saturated heterocycles. The molecular formula is C26H19ClF2N4O2. The van der Waals surface area contributed by atoms with E-state index in [0.717, 1.165) is 5.56 Å². The largest absolute Gasteiger partial charge is 0.334 e. The molecule has 4 aromatic rings. The van der Waals surface area contributed by atoms with Crippen LogP contribution in [0, 0.1) is 11.6 Å². The number of hydrogen-bond donors (Lipinski definition) is 1. The Morgan fingerprint density at radius 2 is 1.77 bits per heavy atom. The quantitative estimate of drug-likeness (QED) is 0.351. The Hall–Kier alpha value is -4.04. The molecule has 0 saturated carbocycles. The van der Waals surface area contributed by atoms with Crippen LogP contribution in [0.15, 0.2) is 83.0 Å². The highest BCUT2D eigenvalue weighted by molar-refractivity contribution is 6.30. The zero-order chi connectivity index (χ0) is 24.5. The van der Waals surface area contributed by atoms with Crippen LogP contribution in [-0.4, -0.2) is 21.1 Å². The topological polar surface area (TPSA) is 71.3 Å². The number of allylic oxidation sites excluding steroid dienone is 1. The van der Waals surface area contributed by atoms with Gasteiger partial charge in [0, 0.05) is 16.3 Å². The molecule has 3 aromatic carbocycles. The van der Waals surface area contributed by atoms with Crippen LogP contribution in [0.2, 0.25) is 5.02 Å². The van der Waals surface area contributed by atoms with Gasteiger partial charge in [-0.05, 0) is 54.4 Å². The minimum atomic E-state index is -0.662. The van der Waals surface area contributed by atoms with Gasteiger partial charge >= 0.3 is 6.03 Å². The first kappa shape index (κ1) is 22.7. The highest BCUT2D eigenvalue weighted by Crippen LogP contribution is 2.38. The van der Waals surface area contributed by atoms with E-state index in [1.54, 1.807) is 48.2 Å². The lowest BCUT2D eigenvalue weighted by molar-refractivity contribution is 0.203. The van der Waals surface area contributed by atoms with E-state index in [0.29, 0.717) is 27.4 Å². The summed E-state index contributed by atoms with van der Waals surface area (Å²) in [5.74, 6) is -0.447. The van der Waals surface area contributed by atoms with E-state index in [1.807, 2.05) is 12.1 Å². The SMILES string of the molecule is CC1=C(c2nc(-c3cccc(F)c3)no2)C(c2ccc(F)cc2)NC(=O)N1Cc1ccc(Cl)cc1. The molecule has 2 heterocycles. The van der Waals surface area contributed by atoms with Gasteiger partial charge in [0.1, 0.15) is 11.6 Å². The van der Waals surface area contributed by atoms with Crippen LogP contribution in [0.1, 0.15) is 30.0 Å². The predicted molar refractivity (Wildman–Crippen MR) is 127 cm³/mol. The third-order valence-electron chi connectivity index (χ3n) is 5.79. The number of urea groups is 1. The van der Waals surface area contributed by atoms with E-state index in [2.05, 4.69) is 15.5 Å². The third kappa shape index (κ3) is 4.65. The molecule has 1 unspecified atom stereocenters. The number of aromatic nitrogens is 2. The summed E-state index contributed by atoms with van der Waals surface area (Å²) in [6.07, 6.45) is 0. The fourth-order valence-electron chi connectivity index (χ4n) is 4.00. The van der Waals surface area contributed by atoms with Gasteiger partial charge in [0.15, 0.2) is 0 Å². The molecule has 1 atom stereocenters. The van der Waals surface area contributed by atoms with E-state index < -0.39 is 17.7 Å². The van der Waals surface area contributed by atoms with Crippen LogP contribution in [-0.2, 0) is 6.54 Å². The molecule has 176 valence electrons. The van der Waals surface area contributed by atoms with E-state index in [9.17, 15) is 13.6 Å². The maximum absolute atomic E-state index is 13.7. The highest BCUT2D eigenvalue weighted by Gasteiger charge is 2.35. The van der Waals surface area contributed by atoms with Gasteiger partial charge in [-0.1, -0.05) is 53.2 Å². The van der Waals surface area contributed by atoms with E-state index in [4.69, 9.17) is 16.1 Å². The number of carbonyl (C=O) groups is 1. The molecule has 2 amide bonds. The van der Waals surface area contributed by atoms with Gasteiger partial charge in [-0.2, -0.15) is 4.98 Å². The minimum absolute atomic E-state index is 0.164. The van der Waals surface area contributed by atoms with Gasteiger partial charge in [0.2, 0.25) is 5.82 Å². The second-order valence-electron chi connectivity index (χ2n) is 8.08. The first-order chi connectivity index (χ1) is 16.9.